The van der Waals surface area contributed by atoms with Crippen molar-refractivity contribution < 1.29 is 4.79 Å². The highest BCUT2D eigenvalue weighted by molar-refractivity contribution is 7.96. The predicted octanol–water partition coefficient (Wildman–Crippen LogP) is -0.608. The van der Waals surface area contributed by atoms with E-state index in [9.17, 15) is 4.79 Å². The maximum atomic E-state index is 9.51. The first kappa shape index (κ1) is 4.02. The Bertz CT molecular complexity index is 29.0. The number of carbonyl (C=O) groups excluding carboxylic acids is 1. The van der Waals surface area contributed by atoms with Crippen molar-refractivity contribution in [1.82, 2.24) is 0 Å². The van der Waals surface area contributed by atoms with Gasteiger partial charge in [-0.2, -0.15) is 0 Å². The highest BCUT2D eigenvalue weighted by atomic mass is 32.1. The molecular weight excluding hydrogens is 72.1 g/mol. The summed E-state index contributed by atoms with van der Waals surface area (Å²) in [6, 6.07) is 0. The van der Waals surface area contributed by atoms with E-state index in [4.69, 9.17) is 0 Å². The van der Waals surface area contributed by atoms with Crippen molar-refractivity contribution in [2.24, 2.45) is 0 Å². The first-order valence-corrected chi connectivity index (χ1v) is 2.20. The topological polar surface area (TPSA) is 17.1 Å². The number of rotatable bonds is 0. The molecule has 0 saturated carbocycles. The number of hydrogen-bond donors (Lipinski definition) is 0. The van der Waals surface area contributed by atoms with Gasteiger partial charge in [0.1, 0.15) is 5.12 Å². The molecule has 0 aromatic carbocycles. The molecule has 1 nitrogen and oxygen atoms in total. The fraction of sp³-hybridized carbons (Fsp3) is 0.500. The second-order valence-electron chi connectivity index (χ2n) is 0.908. The molecule has 0 amide bonds. The molecule has 0 aliphatic heterocycles. The molecular formula is C2H8OS. The van der Waals surface area contributed by atoms with Gasteiger partial charge in [-0.25, -0.2) is 0 Å². The Balaban J connectivity index is 2.80. The second-order valence-corrected chi connectivity index (χ2v) is 2.32. The normalized spacial score (nSPS) is 6.75. The Morgan fingerprint density at radius 1 is 2.00 bits per heavy atom. The molecule has 4 heavy (non-hydrogen) atoms. The summed E-state index contributed by atoms with van der Waals surface area (Å²) >= 11 is 0.710. The van der Waals surface area contributed by atoms with Gasteiger partial charge in [-0.1, -0.05) is 0 Å². The van der Waals surface area contributed by atoms with Crippen LogP contribution >= 0.6 is 12.6 Å². The van der Waals surface area contributed by atoms with Gasteiger partial charge in [-0.3, -0.25) is 17.4 Å². The molecule has 0 bridgehead atoms. The van der Waals surface area contributed by atoms with E-state index in [2.05, 4.69) is 0 Å². The van der Waals surface area contributed by atoms with Crippen molar-refractivity contribution in [2.75, 3.05) is 0 Å². The van der Waals surface area contributed by atoms with E-state index in [1.54, 1.807) is 6.92 Å². The van der Waals surface area contributed by atoms with Crippen LogP contribution in [0.1, 0.15) is 6.92 Å². The fourth-order valence-electron chi connectivity index (χ4n) is 0. The van der Waals surface area contributed by atoms with E-state index in [-0.39, 0.29) is 0 Å². The Hall–Kier alpha value is 0.0200. The summed E-state index contributed by atoms with van der Waals surface area (Å²) < 4.78 is 0. The standard InChI is InChI=1S/C2H8OS/c1-2(3)4/h1H3,4H5. The summed E-state index contributed by atoms with van der Waals surface area (Å²) in [5.74, 6) is 0. The summed E-state index contributed by atoms with van der Waals surface area (Å²) in [4.78, 5) is 9.51. The van der Waals surface area contributed by atoms with E-state index >= 15 is 0 Å². The van der Waals surface area contributed by atoms with Crippen LogP contribution in [0.15, 0.2) is 0 Å². The molecule has 0 spiro atoms. The van der Waals surface area contributed by atoms with Gasteiger partial charge in [0.2, 0.25) is 0 Å². The molecule has 0 aromatic heterocycles. The van der Waals surface area contributed by atoms with Crippen molar-refractivity contribution in [3.05, 3.63) is 0 Å². The van der Waals surface area contributed by atoms with Gasteiger partial charge in [0.05, 0.1) is 0 Å². The van der Waals surface area contributed by atoms with Crippen LogP contribution in [0.25, 0.3) is 0 Å². The van der Waals surface area contributed by atoms with E-state index in [1.807, 2.05) is 0 Å². The van der Waals surface area contributed by atoms with Crippen molar-refractivity contribution in [3.63, 3.8) is 0 Å². The molecule has 0 N–H and O–H groups in total. The number of carbonyl (C=O) groups is 1. The molecule has 2 heteroatoms. The fourth-order valence-corrected chi connectivity index (χ4v) is 0. The minimum Gasteiger partial charge on any atom is -0.292 e. The maximum Gasteiger partial charge on any atom is 0.145 e. The highest BCUT2D eigenvalue weighted by Gasteiger charge is 1.58. The molecule has 0 fully saturated rings. The quantitative estimate of drug-likeness (QED) is 0.379. The maximum absolute atomic E-state index is 9.51. The van der Waals surface area contributed by atoms with Crippen molar-refractivity contribution in [2.45, 2.75) is 6.92 Å². The Kier molecular flexibility index (Phi) is 1.36. The van der Waals surface area contributed by atoms with Gasteiger partial charge in [0.15, 0.2) is 0 Å². The molecule has 0 rings (SSSR count). The summed E-state index contributed by atoms with van der Waals surface area (Å²) in [6.07, 6.45) is 0. The van der Waals surface area contributed by atoms with Gasteiger partial charge in [0, 0.05) is 6.92 Å². The van der Waals surface area contributed by atoms with Gasteiger partial charge >= 0.3 is 0 Å². The van der Waals surface area contributed by atoms with Crippen molar-refractivity contribution in [1.29, 1.82) is 0 Å². The monoisotopic (exact) mass is 80.0 g/mol. The predicted molar refractivity (Wildman–Crippen MR) is 25.2 cm³/mol. The van der Waals surface area contributed by atoms with Crippen LogP contribution < -0.4 is 0 Å². The average Bonchev–Trinajstić information content (AvgIpc) is 0.811. The van der Waals surface area contributed by atoms with Crippen LogP contribution in [0.4, 0.5) is 0 Å². The molecule has 0 aromatic rings. The molecule has 0 saturated heterocycles. The minimum absolute atomic E-state index is 0.306. The SMILES string of the molecule is CC(=O)[SH5]. The first-order chi connectivity index (χ1) is 1.73. The van der Waals surface area contributed by atoms with Crippen LogP contribution in [-0.4, -0.2) is 5.12 Å². The Labute approximate surface area is 30.4 Å². The summed E-state index contributed by atoms with van der Waals surface area (Å²) in [5.41, 5.74) is 0. The van der Waals surface area contributed by atoms with Crippen LogP contribution in [0.5, 0.6) is 0 Å². The third-order valence-electron chi connectivity index (χ3n) is 0. The molecule has 0 atom stereocenters. The Morgan fingerprint density at radius 3 is 2.00 bits per heavy atom. The minimum atomic E-state index is 0.306. The lowest BCUT2D eigenvalue weighted by Crippen LogP contribution is -1.62. The van der Waals surface area contributed by atoms with E-state index in [0.29, 0.717) is 17.7 Å². The summed E-state index contributed by atoms with van der Waals surface area (Å²) in [7, 11) is 0. The van der Waals surface area contributed by atoms with Crippen LogP contribution in [0.3, 0.4) is 0 Å². The van der Waals surface area contributed by atoms with E-state index in [1.165, 1.54) is 0 Å². The zero-order valence-electron chi connectivity index (χ0n) is 2.91. The Morgan fingerprint density at radius 2 is 2.00 bits per heavy atom. The molecule has 0 radical (unpaired) electrons. The van der Waals surface area contributed by atoms with Crippen LogP contribution in [0.2, 0.25) is 0 Å². The van der Waals surface area contributed by atoms with Gasteiger partial charge < -0.3 is 0 Å². The van der Waals surface area contributed by atoms with Crippen LogP contribution in [0, 0.1) is 0 Å². The lowest BCUT2D eigenvalue weighted by atomic mass is 10.9. The van der Waals surface area contributed by atoms with E-state index in [0.717, 1.165) is 0 Å². The molecule has 0 unspecified atom stereocenters. The van der Waals surface area contributed by atoms with Gasteiger partial charge in [-0.05, 0) is 0 Å². The van der Waals surface area contributed by atoms with E-state index < -0.39 is 0 Å². The average molecular weight is 80.2 g/mol. The van der Waals surface area contributed by atoms with Crippen molar-refractivity contribution >= 4 is 17.7 Å². The molecule has 0 heterocycles. The zero-order valence-corrected chi connectivity index (χ0v) is 4.91. The molecule has 28 valence electrons. The molecule has 0 aliphatic carbocycles. The number of hydrogen-bond acceptors (Lipinski definition) is 1. The molecule has 0 aliphatic rings. The zero-order chi connectivity index (χ0) is 3.58. The summed E-state index contributed by atoms with van der Waals surface area (Å²) in [5, 5.41) is 0.306. The summed E-state index contributed by atoms with van der Waals surface area (Å²) in [6.45, 7) is 1.59. The van der Waals surface area contributed by atoms with Crippen LogP contribution in [-0.2, 0) is 4.79 Å². The smallest absolute Gasteiger partial charge is 0.145 e. The highest BCUT2D eigenvalue weighted by Crippen LogP contribution is 1.66. The van der Waals surface area contributed by atoms with Gasteiger partial charge in [-0.15, -0.1) is 0 Å². The van der Waals surface area contributed by atoms with Gasteiger partial charge in [0.25, 0.3) is 0 Å². The first-order valence-electron chi connectivity index (χ1n) is 1.20. The third kappa shape index (κ3) is 5250. The second kappa shape index (κ2) is 1.35. The third-order valence-corrected chi connectivity index (χ3v) is 0. The lowest BCUT2D eigenvalue weighted by molar-refractivity contribution is -0.108. The lowest BCUT2D eigenvalue weighted by Gasteiger charge is -1.60. The van der Waals surface area contributed by atoms with Crippen molar-refractivity contribution in [3.8, 4) is 0 Å². The largest absolute Gasteiger partial charge is 0.292 e.